The Labute approximate surface area is 250 Å². The molecular weight excluding hydrogens is 623 g/mol. The summed E-state index contributed by atoms with van der Waals surface area (Å²) in [6.07, 6.45) is -9.67. The first kappa shape index (κ1) is 32.9. The predicted molar refractivity (Wildman–Crippen MR) is 145 cm³/mol. The molecule has 2 aromatic heterocycles. The molecule has 0 aliphatic carbocycles. The van der Waals surface area contributed by atoms with Crippen molar-refractivity contribution in [1.29, 1.82) is 0 Å². The number of carbonyl (C=O) groups is 1. The fraction of sp³-hybridized carbons (Fsp3) is 0.276. The van der Waals surface area contributed by atoms with Gasteiger partial charge in [0, 0.05) is 28.3 Å². The maximum absolute atomic E-state index is 14.5. The van der Waals surface area contributed by atoms with Crippen LogP contribution in [0.3, 0.4) is 0 Å². The number of aromatic nitrogens is 2. The van der Waals surface area contributed by atoms with Crippen molar-refractivity contribution < 1.29 is 50.5 Å². The van der Waals surface area contributed by atoms with Gasteiger partial charge in [0.25, 0.3) is 5.91 Å². The van der Waals surface area contributed by atoms with Crippen LogP contribution < -0.4 is 10.1 Å². The SMILES string of the molecule is COc1cc(C(=O)NC[C@](O)(c2cc(C(C)(C)O)c(Cl)c(-c3ccc(F)cc3)n2)C(F)(F)F)cc2cc(C(F)(F)F)cnc12. The highest BCUT2D eigenvalue weighted by Gasteiger charge is 2.57. The Balaban J connectivity index is 1.79. The number of pyridine rings is 2. The Morgan fingerprint density at radius 2 is 1.64 bits per heavy atom. The number of methoxy groups -OCH3 is 1. The molecule has 3 N–H and O–H groups in total. The molecular formula is C29H23ClF7N3O4. The van der Waals surface area contributed by atoms with Crippen LogP contribution in [0.2, 0.25) is 5.02 Å². The van der Waals surface area contributed by atoms with Crippen LogP contribution in [0.4, 0.5) is 30.7 Å². The molecule has 0 aliphatic rings. The molecule has 2 aromatic carbocycles. The van der Waals surface area contributed by atoms with Crippen molar-refractivity contribution in [3.8, 4) is 17.0 Å². The van der Waals surface area contributed by atoms with Gasteiger partial charge in [0.15, 0.2) is 0 Å². The van der Waals surface area contributed by atoms with Crippen molar-refractivity contribution in [2.45, 2.75) is 37.4 Å². The minimum absolute atomic E-state index is 0.0401. The van der Waals surface area contributed by atoms with Gasteiger partial charge in [-0.15, -0.1) is 0 Å². The monoisotopic (exact) mass is 645 g/mol. The van der Waals surface area contributed by atoms with Gasteiger partial charge in [-0.2, -0.15) is 26.3 Å². The molecule has 0 saturated heterocycles. The van der Waals surface area contributed by atoms with Gasteiger partial charge in [0.1, 0.15) is 17.1 Å². The molecule has 0 saturated carbocycles. The number of hydrogen-bond donors (Lipinski definition) is 3. The van der Waals surface area contributed by atoms with Crippen molar-refractivity contribution in [3.63, 3.8) is 0 Å². The molecule has 15 heteroatoms. The van der Waals surface area contributed by atoms with E-state index in [0.29, 0.717) is 12.3 Å². The zero-order valence-electron chi connectivity index (χ0n) is 23.0. The maximum Gasteiger partial charge on any atom is 0.424 e. The molecule has 4 aromatic rings. The molecule has 1 atom stereocenters. The summed E-state index contributed by atoms with van der Waals surface area (Å²) in [6.45, 7) is 0.944. The van der Waals surface area contributed by atoms with Gasteiger partial charge in [-0.3, -0.25) is 9.78 Å². The molecule has 0 bridgehead atoms. The van der Waals surface area contributed by atoms with Gasteiger partial charge in [-0.1, -0.05) is 11.6 Å². The minimum atomic E-state index is -5.47. The van der Waals surface area contributed by atoms with E-state index in [0.717, 1.165) is 37.4 Å². The number of hydrogen-bond acceptors (Lipinski definition) is 6. The molecule has 0 radical (unpaired) electrons. The number of ether oxygens (including phenoxy) is 1. The molecule has 0 fully saturated rings. The van der Waals surface area contributed by atoms with Crippen LogP contribution in [-0.4, -0.2) is 45.9 Å². The quantitative estimate of drug-likeness (QED) is 0.198. The number of benzene rings is 2. The summed E-state index contributed by atoms with van der Waals surface area (Å²) < 4.78 is 102. The maximum atomic E-state index is 14.5. The van der Waals surface area contributed by atoms with E-state index in [2.05, 4.69) is 9.97 Å². The van der Waals surface area contributed by atoms with Crippen LogP contribution in [0.25, 0.3) is 22.2 Å². The minimum Gasteiger partial charge on any atom is -0.494 e. The smallest absolute Gasteiger partial charge is 0.424 e. The second kappa shape index (κ2) is 11.5. The van der Waals surface area contributed by atoms with Gasteiger partial charge < -0.3 is 20.3 Å². The number of aliphatic hydroxyl groups is 2. The number of nitrogens with one attached hydrogen (secondary N) is 1. The van der Waals surface area contributed by atoms with Crippen molar-refractivity contribution >= 4 is 28.4 Å². The highest BCUT2D eigenvalue weighted by Crippen LogP contribution is 2.43. The van der Waals surface area contributed by atoms with Crippen molar-refractivity contribution in [2.75, 3.05) is 13.7 Å². The van der Waals surface area contributed by atoms with Crippen molar-refractivity contribution in [2.24, 2.45) is 0 Å². The van der Waals surface area contributed by atoms with Gasteiger partial charge >= 0.3 is 12.4 Å². The van der Waals surface area contributed by atoms with Crippen LogP contribution in [-0.2, 0) is 17.4 Å². The zero-order valence-corrected chi connectivity index (χ0v) is 23.8. The molecule has 0 unspecified atom stereocenters. The van der Waals surface area contributed by atoms with E-state index in [9.17, 15) is 45.7 Å². The lowest BCUT2D eigenvalue weighted by molar-refractivity contribution is -0.265. The first-order valence-corrected chi connectivity index (χ1v) is 13.0. The first-order chi connectivity index (χ1) is 20.3. The highest BCUT2D eigenvalue weighted by molar-refractivity contribution is 6.34. The van der Waals surface area contributed by atoms with Gasteiger partial charge in [-0.25, -0.2) is 9.37 Å². The number of fused-ring (bicyclic) bond motifs is 1. The van der Waals surface area contributed by atoms with Crippen molar-refractivity contribution in [3.05, 3.63) is 88.0 Å². The summed E-state index contributed by atoms with van der Waals surface area (Å²) in [5.41, 5.74) is -8.85. The van der Waals surface area contributed by atoms with Crippen LogP contribution in [0.1, 0.15) is 41.0 Å². The second-order valence-corrected chi connectivity index (χ2v) is 10.7. The Hall–Kier alpha value is -4.01. The van der Waals surface area contributed by atoms with Gasteiger partial charge in [0.05, 0.1) is 41.2 Å². The van der Waals surface area contributed by atoms with Gasteiger partial charge in [-0.05, 0) is 62.4 Å². The summed E-state index contributed by atoms with van der Waals surface area (Å²) in [6, 6.07) is 7.84. The summed E-state index contributed by atoms with van der Waals surface area (Å²) in [7, 11) is 1.16. The third-order valence-corrected chi connectivity index (χ3v) is 7.07. The highest BCUT2D eigenvalue weighted by atomic mass is 35.5. The first-order valence-electron chi connectivity index (χ1n) is 12.6. The van der Waals surface area contributed by atoms with Crippen molar-refractivity contribution in [1.82, 2.24) is 15.3 Å². The lowest BCUT2D eigenvalue weighted by atomic mass is 9.90. The number of halogens is 8. The molecule has 2 heterocycles. The van der Waals surface area contributed by atoms with E-state index in [4.69, 9.17) is 16.3 Å². The number of alkyl halides is 6. The van der Waals surface area contributed by atoms with Crippen LogP contribution >= 0.6 is 11.6 Å². The Morgan fingerprint density at radius 3 is 2.18 bits per heavy atom. The third-order valence-electron chi connectivity index (χ3n) is 6.69. The molecule has 44 heavy (non-hydrogen) atoms. The fourth-order valence-electron chi connectivity index (χ4n) is 4.29. The lowest BCUT2D eigenvalue weighted by Crippen LogP contribution is -2.51. The van der Waals surface area contributed by atoms with E-state index in [1.807, 2.05) is 5.32 Å². The van der Waals surface area contributed by atoms with E-state index >= 15 is 0 Å². The predicted octanol–water partition coefficient (Wildman–Crippen LogP) is 6.52. The zero-order chi connectivity index (χ0) is 32.8. The normalized spacial score (nSPS) is 13.9. The Bertz CT molecular complexity index is 1720. The van der Waals surface area contributed by atoms with Crippen LogP contribution in [0.15, 0.2) is 54.7 Å². The number of carbonyl (C=O) groups excluding carboxylic acids is 1. The average molecular weight is 646 g/mol. The number of amides is 1. The third kappa shape index (κ3) is 6.42. The second-order valence-electron chi connectivity index (χ2n) is 10.3. The number of nitrogens with zero attached hydrogens (tertiary/aromatic N) is 2. The summed E-state index contributed by atoms with van der Waals surface area (Å²) in [5.74, 6) is -2.00. The molecule has 0 spiro atoms. The standard InChI is InChI=1S/C29H23ClF7N3O4/c1-26(2,42)19-11-21(40-24(22(19)30)14-4-6-18(31)7-5-14)27(43,29(35,36)37)13-39-25(41)16-8-15-9-17(28(32,33)34)12-38-23(15)20(10-16)44-3/h4-12,42-43H,13H2,1-3H3,(H,39,41)/t27-/m0/s1. The van der Waals surface area contributed by atoms with E-state index in [-0.39, 0.29) is 38.5 Å². The fourth-order valence-corrected chi connectivity index (χ4v) is 4.73. The Morgan fingerprint density at radius 1 is 1.00 bits per heavy atom. The number of rotatable bonds is 7. The van der Waals surface area contributed by atoms with Crippen LogP contribution in [0.5, 0.6) is 5.75 Å². The summed E-state index contributed by atoms with van der Waals surface area (Å²) >= 11 is 6.39. The van der Waals surface area contributed by atoms with Crippen LogP contribution in [0, 0.1) is 5.82 Å². The molecule has 7 nitrogen and oxygen atoms in total. The largest absolute Gasteiger partial charge is 0.494 e. The van der Waals surface area contributed by atoms with E-state index in [1.54, 1.807) is 0 Å². The molecule has 1 amide bonds. The summed E-state index contributed by atoms with van der Waals surface area (Å²) in [5, 5.41) is 23.2. The molecule has 4 rings (SSSR count). The molecule has 234 valence electrons. The van der Waals surface area contributed by atoms with Gasteiger partial charge in [0.2, 0.25) is 5.60 Å². The topological polar surface area (TPSA) is 105 Å². The lowest BCUT2D eigenvalue weighted by Gasteiger charge is -2.32. The molecule has 0 aliphatic heterocycles. The average Bonchev–Trinajstić information content (AvgIpc) is 2.93. The van der Waals surface area contributed by atoms with E-state index < -0.39 is 58.6 Å². The van der Waals surface area contributed by atoms with E-state index in [1.165, 1.54) is 26.0 Å². The summed E-state index contributed by atoms with van der Waals surface area (Å²) in [4.78, 5) is 20.7. The Kier molecular flexibility index (Phi) is 8.59.